The van der Waals surface area contributed by atoms with E-state index in [1.165, 1.54) is 76.8 Å². The minimum atomic E-state index is 1.18. The third kappa shape index (κ3) is 3.45. The molecule has 0 unspecified atom stereocenters. The zero-order chi connectivity index (χ0) is 27.6. The predicted molar refractivity (Wildman–Crippen MR) is 178 cm³/mol. The summed E-state index contributed by atoms with van der Waals surface area (Å²) in [6.07, 6.45) is 2.19. The fourth-order valence-corrected chi connectivity index (χ4v) is 6.70. The molecular weight excluding hydrogens is 508 g/mol. The summed E-state index contributed by atoms with van der Waals surface area (Å²) in [7, 11) is 0. The van der Waals surface area contributed by atoms with Crippen LogP contribution in [0.4, 0.5) is 0 Å². The van der Waals surface area contributed by atoms with Crippen molar-refractivity contribution in [2.24, 2.45) is 0 Å². The first-order valence-corrected chi connectivity index (χ1v) is 14.4. The highest BCUT2D eigenvalue weighted by Crippen LogP contribution is 2.36. The van der Waals surface area contributed by atoms with Crippen LogP contribution in [0, 0.1) is 0 Å². The van der Waals surface area contributed by atoms with Crippen LogP contribution in [0.3, 0.4) is 0 Å². The fraction of sp³-hybridized carbons (Fsp3) is 0. The molecule has 0 N–H and O–H groups in total. The van der Waals surface area contributed by atoms with E-state index < -0.39 is 0 Å². The monoisotopic (exact) mass is 534 g/mol. The molecule has 0 saturated heterocycles. The van der Waals surface area contributed by atoms with E-state index in [1.54, 1.807) is 0 Å². The molecule has 2 heteroatoms. The van der Waals surface area contributed by atoms with Gasteiger partial charge in [0, 0.05) is 33.4 Å². The molecular formula is C40H26N2. The molecule has 0 aliphatic heterocycles. The smallest absolute Gasteiger partial charge is 0.0541 e. The molecule has 2 heterocycles. The Bertz CT molecular complexity index is 2470. The molecule has 9 rings (SSSR count). The molecule has 42 heavy (non-hydrogen) atoms. The standard InChI is InChI=1S/C40H26N2/c1-2-10-29-25-33(19-16-27(29)8-1)42-39-14-6-5-13-35(39)36-26-31(18-21-40(36)42)30-17-20-37-32(24-30)22-23-41(37)38-15-7-11-28-9-3-4-12-34(28)38/h1-26H. The van der Waals surface area contributed by atoms with Crippen LogP contribution >= 0.6 is 0 Å². The van der Waals surface area contributed by atoms with Crippen LogP contribution in [0.5, 0.6) is 0 Å². The van der Waals surface area contributed by atoms with Crippen molar-refractivity contribution in [3.8, 4) is 22.5 Å². The Morgan fingerprint density at radius 3 is 1.95 bits per heavy atom. The summed E-state index contributed by atoms with van der Waals surface area (Å²) in [5.74, 6) is 0. The number of aromatic nitrogens is 2. The number of rotatable bonds is 3. The average Bonchev–Trinajstić information content (AvgIpc) is 3.63. The van der Waals surface area contributed by atoms with Crippen molar-refractivity contribution >= 4 is 54.3 Å². The highest BCUT2D eigenvalue weighted by molar-refractivity contribution is 6.11. The average molecular weight is 535 g/mol. The van der Waals surface area contributed by atoms with E-state index in [-0.39, 0.29) is 0 Å². The number of fused-ring (bicyclic) bond motifs is 6. The van der Waals surface area contributed by atoms with Gasteiger partial charge in [0.2, 0.25) is 0 Å². The molecule has 0 radical (unpaired) electrons. The Hall–Kier alpha value is -5.60. The Labute approximate surface area is 243 Å². The van der Waals surface area contributed by atoms with Crippen LogP contribution in [0.25, 0.3) is 76.8 Å². The van der Waals surface area contributed by atoms with E-state index in [4.69, 9.17) is 0 Å². The number of benzene rings is 7. The Morgan fingerprint density at radius 2 is 1.05 bits per heavy atom. The van der Waals surface area contributed by atoms with Crippen LogP contribution in [0.2, 0.25) is 0 Å². The molecule has 0 atom stereocenters. The van der Waals surface area contributed by atoms with Gasteiger partial charge in [0.15, 0.2) is 0 Å². The van der Waals surface area contributed by atoms with Crippen LogP contribution < -0.4 is 0 Å². The van der Waals surface area contributed by atoms with Crippen LogP contribution in [0.15, 0.2) is 158 Å². The summed E-state index contributed by atoms with van der Waals surface area (Å²) >= 11 is 0. The van der Waals surface area contributed by atoms with Gasteiger partial charge in [-0.05, 0) is 81.9 Å². The quantitative estimate of drug-likeness (QED) is 0.213. The number of hydrogen-bond donors (Lipinski definition) is 0. The van der Waals surface area contributed by atoms with E-state index in [0.29, 0.717) is 0 Å². The van der Waals surface area contributed by atoms with Crippen molar-refractivity contribution < 1.29 is 0 Å². The highest BCUT2D eigenvalue weighted by Gasteiger charge is 2.14. The highest BCUT2D eigenvalue weighted by atomic mass is 15.0. The number of para-hydroxylation sites is 1. The zero-order valence-electron chi connectivity index (χ0n) is 22.9. The third-order valence-electron chi connectivity index (χ3n) is 8.71. The van der Waals surface area contributed by atoms with Crippen molar-refractivity contribution in [2.75, 3.05) is 0 Å². The molecule has 0 aliphatic carbocycles. The summed E-state index contributed by atoms with van der Waals surface area (Å²) in [4.78, 5) is 0. The minimum absolute atomic E-state index is 1.18. The lowest BCUT2D eigenvalue weighted by Crippen LogP contribution is -1.94. The second-order valence-electron chi connectivity index (χ2n) is 11.1. The van der Waals surface area contributed by atoms with Crippen molar-refractivity contribution in [1.82, 2.24) is 9.13 Å². The first kappa shape index (κ1) is 23.1. The van der Waals surface area contributed by atoms with Crippen molar-refractivity contribution in [3.05, 3.63) is 158 Å². The summed E-state index contributed by atoms with van der Waals surface area (Å²) in [6, 6.07) is 55.1. The lowest BCUT2D eigenvalue weighted by molar-refractivity contribution is 1.14. The second-order valence-corrected chi connectivity index (χ2v) is 11.1. The van der Waals surface area contributed by atoms with Gasteiger partial charge in [-0.15, -0.1) is 0 Å². The van der Waals surface area contributed by atoms with Crippen molar-refractivity contribution in [3.63, 3.8) is 0 Å². The molecule has 0 amide bonds. The van der Waals surface area contributed by atoms with Crippen LogP contribution in [-0.4, -0.2) is 9.13 Å². The summed E-state index contributed by atoms with van der Waals surface area (Å²) in [5, 5.41) is 8.80. The van der Waals surface area contributed by atoms with Crippen molar-refractivity contribution in [1.29, 1.82) is 0 Å². The molecule has 0 aliphatic rings. The minimum Gasteiger partial charge on any atom is -0.316 e. The van der Waals surface area contributed by atoms with Gasteiger partial charge in [-0.2, -0.15) is 0 Å². The van der Waals surface area contributed by atoms with Crippen LogP contribution in [0.1, 0.15) is 0 Å². The number of hydrogen-bond acceptors (Lipinski definition) is 0. The van der Waals surface area contributed by atoms with E-state index in [1.807, 2.05) is 0 Å². The molecule has 0 bridgehead atoms. The number of nitrogens with zero attached hydrogens (tertiary/aromatic N) is 2. The lowest BCUT2D eigenvalue weighted by atomic mass is 10.0. The van der Waals surface area contributed by atoms with E-state index in [0.717, 1.165) is 0 Å². The van der Waals surface area contributed by atoms with Gasteiger partial charge in [-0.1, -0.05) is 97.1 Å². The van der Waals surface area contributed by atoms with Gasteiger partial charge in [-0.3, -0.25) is 0 Å². The van der Waals surface area contributed by atoms with Gasteiger partial charge in [0.1, 0.15) is 0 Å². The molecule has 196 valence electrons. The molecule has 2 nitrogen and oxygen atoms in total. The Kier molecular flexibility index (Phi) is 4.93. The molecule has 0 spiro atoms. The first-order valence-electron chi connectivity index (χ1n) is 14.4. The maximum Gasteiger partial charge on any atom is 0.0541 e. The van der Waals surface area contributed by atoms with Gasteiger partial charge in [-0.25, -0.2) is 0 Å². The summed E-state index contributed by atoms with van der Waals surface area (Å²) in [5.41, 5.74) is 8.50. The molecule has 2 aromatic heterocycles. The van der Waals surface area contributed by atoms with E-state index >= 15 is 0 Å². The molecule has 7 aromatic carbocycles. The van der Waals surface area contributed by atoms with Crippen LogP contribution in [-0.2, 0) is 0 Å². The van der Waals surface area contributed by atoms with Gasteiger partial charge < -0.3 is 9.13 Å². The van der Waals surface area contributed by atoms with Crippen molar-refractivity contribution in [2.45, 2.75) is 0 Å². The summed E-state index contributed by atoms with van der Waals surface area (Å²) < 4.78 is 4.70. The SMILES string of the molecule is c1ccc2cc(-n3c4ccccc4c4cc(-c5ccc6c(ccn6-c6cccc7ccccc67)c5)ccc43)ccc2c1. The normalized spacial score (nSPS) is 11.8. The van der Waals surface area contributed by atoms with E-state index in [9.17, 15) is 0 Å². The largest absolute Gasteiger partial charge is 0.316 e. The lowest BCUT2D eigenvalue weighted by Gasteiger charge is -2.11. The zero-order valence-corrected chi connectivity index (χ0v) is 22.9. The third-order valence-corrected chi connectivity index (χ3v) is 8.71. The summed E-state index contributed by atoms with van der Waals surface area (Å²) in [6.45, 7) is 0. The van der Waals surface area contributed by atoms with E-state index in [2.05, 4.69) is 167 Å². The topological polar surface area (TPSA) is 9.86 Å². The predicted octanol–water partition coefficient (Wildman–Crippen LogP) is 10.7. The maximum absolute atomic E-state index is 2.40. The molecule has 0 saturated carbocycles. The van der Waals surface area contributed by atoms with Gasteiger partial charge in [0.05, 0.1) is 22.2 Å². The molecule has 0 fully saturated rings. The molecule has 9 aromatic rings. The fourth-order valence-electron chi connectivity index (χ4n) is 6.70. The Morgan fingerprint density at radius 1 is 0.357 bits per heavy atom. The maximum atomic E-state index is 2.40. The van der Waals surface area contributed by atoms with Gasteiger partial charge >= 0.3 is 0 Å². The Balaban J connectivity index is 1.19. The van der Waals surface area contributed by atoms with Gasteiger partial charge in [0.25, 0.3) is 0 Å². The first-order chi connectivity index (χ1) is 20.8. The second kappa shape index (κ2) is 8.95.